The molecule has 2 rings (SSSR count). The third-order valence-corrected chi connectivity index (χ3v) is 2.73. The Labute approximate surface area is 57.6 Å². The van der Waals surface area contributed by atoms with Gasteiger partial charge in [0, 0.05) is 0 Å². The van der Waals surface area contributed by atoms with Crippen molar-refractivity contribution in [3.63, 3.8) is 0 Å². The molecular weight excluding hydrogens is 108 g/mol. The Hall–Kier alpha value is 0. The van der Waals surface area contributed by atoms with Crippen molar-refractivity contribution in [1.82, 2.24) is 0 Å². The lowest BCUT2D eigenvalue weighted by Crippen LogP contribution is -2.13. The van der Waals surface area contributed by atoms with E-state index in [1.54, 1.807) is 0 Å². The quantitative estimate of drug-likeness (QED) is 0.463. The summed E-state index contributed by atoms with van der Waals surface area (Å²) in [4.78, 5) is 0. The van der Waals surface area contributed by atoms with Crippen LogP contribution < -0.4 is 0 Å². The fraction of sp³-hybridized carbons (Fsp3) is 0.778. The van der Waals surface area contributed by atoms with Crippen LogP contribution in [0.2, 0.25) is 0 Å². The van der Waals surface area contributed by atoms with Crippen LogP contribution in [0.15, 0.2) is 0 Å². The minimum atomic E-state index is 0.985. The Morgan fingerprint density at radius 2 is 1.67 bits per heavy atom. The normalized spacial score (nSPS) is 42.7. The van der Waals surface area contributed by atoms with Crippen molar-refractivity contribution in [2.24, 2.45) is 11.8 Å². The monoisotopic (exact) mass is 122 g/mol. The van der Waals surface area contributed by atoms with Crippen LogP contribution in [0.1, 0.15) is 32.1 Å². The van der Waals surface area contributed by atoms with Gasteiger partial charge in [-0.05, 0) is 50.4 Å². The molecule has 2 aliphatic carbocycles. The summed E-state index contributed by atoms with van der Waals surface area (Å²) in [5, 5.41) is 0. The van der Waals surface area contributed by atoms with Gasteiger partial charge in [-0.2, -0.15) is 0 Å². The van der Waals surface area contributed by atoms with E-state index in [0.29, 0.717) is 0 Å². The molecule has 0 N–H and O–H groups in total. The fourth-order valence-electron chi connectivity index (χ4n) is 2.20. The van der Waals surface area contributed by atoms with Crippen LogP contribution in [0.3, 0.4) is 0 Å². The van der Waals surface area contributed by atoms with Gasteiger partial charge in [0.05, 0.1) is 0 Å². The van der Waals surface area contributed by atoms with Crippen LogP contribution in [0.25, 0.3) is 0 Å². The molecule has 0 aromatic rings. The molecule has 2 aliphatic rings. The van der Waals surface area contributed by atoms with E-state index in [9.17, 15) is 0 Å². The standard InChI is InChI=1S/C9H14/c1-2-5-9-7-3-6-8(9)4-1/h4,7-9H,1-3,5-6H2. The SMILES string of the molecule is [CH]1CCCC2[CH]CCC12. The van der Waals surface area contributed by atoms with Gasteiger partial charge in [0.15, 0.2) is 0 Å². The Bertz CT molecular complexity index is 84.2. The van der Waals surface area contributed by atoms with Gasteiger partial charge in [-0.1, -0.05) is 6.42 Å². The molecule has 2 unspecified atom stereocenters. The lowest BCUT2D eigenvalue weighted by Gasteiger charge is -2.23. The number of hydrogen-bond acceptors (Lipinski definition) is 0. The molecule has 9 heavy (non-hydrogen) atoms. The Balaban J connectivity index is 1.97. The fourth-order valence-corrected chi connectivity index (χ4v) is 2.20. The minimum Gasteiger partial charge on any atom is -0.0527 e. The molecule has 2 radical (unpaired) electrons. The first-order valence-corrected chi connectivity index (χ1v) is 4.13. The van der Waals surface area contributed by atoms with Crippen molar-refractivity contribution in [2.75, 3.05) is 0 Å². The average Bonchev–Trinajstić information content (AvgIpc) is 2.33. The molecule has 0 spiro atoms. The Morgan fingerprint density at radius 3 is 2.56 bits per heavy atom. The van der Waals surface area contributed by atoms with E-state index >= 15 is 0 Å². The molecule has 0 aromatic carbocycles. The molecule has 0 bridgehead atoms. The lowest BCUT2D eigenvalue weighted by atomic mass is 9.82. The molecule has 2 saturated carbocycles. The van der Waals surface area contributed by atoms with E-state index < -0.39 is 0 Å². The largest absolute Gasteiger partial charge is 0.0527 e. The van der Waals surface area contributed by atoms with Gasteiger partial charge in [-0.25, -0.2) is 0 Å². The van der Waals surface area contributed by atoms with Crippen LogP contribution in [-0.2, 0) is 0 Å². The average molecular weight is 122 g/mol. The van der Waals surface area contributed by atoms with E-state index in [1.807, 2.05) is 0 Å². The van der Waals surface area contributed by atoms with Crippen LogP contribution in [-0.4, -0.2) is 0 Å². The maximum absolute atomic E-state index is 2.54. The van der Waals surface area contributed by atoms with E-state index in [-0.39, 0.29) is 0 Å². The van der Waals surface area contributed by atoms with Gasteiger partial charge in [0.2, 0.25) is 0 Å². The van der Waals surface area contributed by atoms with Crippen LogP contribution in [0, 0.1) is 24.7 Å². The highest BCUT2D eigenvalue weighted by molar-refractivity contribution is 4.99. The minimum absolute atomic E-state index is 0.985. The third kappa shape index (κ3) is 0.997. The summed E-state index contributed by atoms with van der Waals surface area (Å²) >= 11 is 0. The summed E-state index contributed by atoms with van der Waals surface area (Å²) in [6.07, 6.45) is 12.2. The lowest BCUT2D eigenvalue weighted by molar-refractivity contribution is 0.375. The number of rotatable bonds is 0. The zero-order valence-electron chi connectivity index (χ0n) is 5.84. The smallest absolute Gasteiger partial charge is 0.0352 e. The second-order valence-electron chi connectivity index (χ2n) is 3.31. The molecule has 0 heterocycles. The molecule has 0 aliphatic heterocycles. The number of hydrogen-bond donors (Lipinski definition) is 0. The van der Waals surface area contributed by atoms with E-state index in [0.717, 1.165) is 11.8 Å². The van der Waals surface area contributed by atoms with Crippen molar-refractivity contribution < 1.29 is 0 Å². The zero-order chi connectivity index (χ0) is 6.10. The second-order valence-corrected chi connectivity index (χ2v) is 3.31. The highest BCUT2D eigenvalue weighted by Gasteiger charge is 2.29. The van der Waals surface area contributed by atoms with Gasteiger partial charge >= 0.3 is 0 Å². The summed E-state index contributed by atoms with van der Waals surface area (Å²) in [6, 6.07) is 0. The van der Waals surface area contributed by atoms with E-state index in [2.05, 4.69) is 12.8 Å². The van der Waals surface area contributed by atoms with E-state index in [4.69, 9.17) is 0 Å². The first-order valence-electron chi connectivity index (χ1n) is 4.13. The van der Waals surface area contributed by atoms with Crippen molar-refractivity contribution in [2.45, 2.75) is 32.1 Å². The number of fused-ring (bicyclic) bond motifs is 1. The van der Waals surface area contributed by atoms with Gasteiger partial charge < -0.3 is 0 Å². The first-order chi connectivity index (χ1) is 4.47. The Kier molecular flexibility index (Phi) is 1.48. The molecule has 0 saturated heterocycles. The van der Waals surface area contributed by atoms with Crippen molar-refractivity contribution in [3.8, 4) is 0 Å². The predicted molar refractivity (Wildman–Crippen MR) is 38.7 cm³/mol. The molecule has 2 atom stereocenters. The maximum Gasteiger partial charge on any atom is -0.0352 e. The summed E-state index contributed by atoms with van der Waals surface area (Å²) < 4.78 is 0. The van der Waals surface area contributed by atoms with Gasteiger partial charge in [-0.3, -0.25) is 0 Å². The molecule has 50 valence electrons. The summed E-state index contributed by atoms with van der Waals surface area (Å²) in [6.45, 7) is 0. The van der Waals surface area contributed by atoms with Crippen molar-refractivity contribution in [1.29, 1.82) is 0 Å². The topological polar surface area (TPSA) is 0 Å². The van der Waals surface area contributed by atoms with Crippen molar-refractivity contribution >= 4 is 0 Å². The predicted octanol–water partition coefficient (Wildman–Crippen LogP) is 2.61. The van der Waals surface area contributed by atoms with Gasteiger partial charge in [0.25, 0.3) is 0 Å². The highest BCUT2D eigenvalue weighted by Crippen LogP contribution is 2.40. The van der Waals surface area contributed by atoms with Crippen molar-refractivity contribution in [3.05, 3.63) is 12.8 Å². The third-order valence-electron chi connectivity index (χ3n) is 2.73. The molecule has 0 heteroatoms. The van der Waals surface area contributed by atoms with Gasteiger partial charge in [-0.15, -0.1) is 0 Å². The maximum atomic E-state index is 2.54. The summed E-state index contributed by atoms with van der Waals surface area (Å²) in [5.41, 5.74) is 0. The zero-order valence-corrected chi connectivity index (χ0v) is 5.84. The molecule has 2 fully saturated rings. The first kappa shape index (κ1) is 5.76. The Morgan fingerprint density at radius 1 is 0.889 bits per heavy atom. The molecule has 0 aromatic heterocycles. The molecule has 0 amide bonds. The van der Waals surface area contributed by atoms with Crippen LogP contribution >= 0.6 is 0 Å². The second kappa shape index (κ2) is 2.32. The van der Waals surface area contributed by atoms with Crippen LogP contribution in [0.4, 0.5) is 0 Å². The summed E-state index contributed by atoms with van der Waals surface area (Å²) in [5.74, 6) is 1.97. The van der Waals surface area contributed by atoms with E-state index in [1.165, 1.54) is 32.1 Å². The summed E-state index contributed by atoms with van der Waals surface area (Å²) in [7, 11) is 0. The highest BCUT2D eigenvalue weighted by atomic mass is 14.3. The van der Waals surface area contributed by atoms with Crippen LogP contribution in [0.5, 0.6) is 0 Å². The molecular formula is C9H14. The molecule has 0 nitrogen and oxygen atoms in total. The van der Waals surface area contributed by atoms with Gasteiger partial charge in [0.1, 0.15) is 0 Å².